The predicted octanol–water partition coefficient (Wildman–Crippen LogP) is 4.56. The lowest BCUT2D eigenvalue weighted by Gasteiger charge is -2.25. The van der Waals surface area contributed by atoms with Crippen molar-refractivity contribution in [1.82, 2.24) is 9.97 Å². The number of aromatic nitrogens is 2. The van der Waals surface area contributed by atoms with Crippen LogP contribution in [-0.2, 0) is 6.54 Å². The van der Waals surface area contributed by atoms with E-state index in [0.717, 1.165) is 37.4 Å². The third-order valence-corrected chi connectivity index (χ3v) is 5.22. The molecule has 0 bridgehead atoms. The first-order valence-electron chi connectivity index (χ1n) is 9.55. The largest absolute Gasteiger partial charge is 0.371 e. The minimum absolute atomic E-state index is 0.884. The zero-order valence-electron chi connectivity index (χ0n) is 15.7. The van der Waals surface area contributed by atoms with Gasteiger partial charge in [0, 0.05) is 61.0 Å². The number of anilines is 2. The molecule has 0 aliphatic carbocycles. The van der Waals surface area contributed by atoms with Gasteiger partial charge in [0.05, 0.1) is 5.52 Å². The Morgan fingerprint density at radius 3 is 2.54 bits per heavy atom. The summed E-state index contributed by atoms with van der Waals surface area (Å²) in [5.74, 6) is 0. The summed E-state index contributed by atoms with van der Waals surface area (Å²) in [6.07, 6.45) is 6.29. The molecule has 1 aromatic carbocycles. The Labute approximate surface area is 155 Å². The first-order chi connectivity index (χ1) is 12.7. The van der Waals surface area contributed by atoms with Crippen LogP contribution in [0.3, 0.4) is 0 Å². The van der Waals surface area contributed by atoms with E-state index in [1.807, 2.05) is 12.4 Å². The fraction of sp³-hybridized carbons (Fsp3) is 0.364. The third-order valence-electron chi connectivity index (χ3n) is 5.22. The first kappa shape index (κ1) is 16.8. The molecule has 26 heavy (non-hydrogen) atoms. The van der Waals surface area contributed by atoms with Crippen LogP contribution in [0.5, 0.6) is 0 Å². The van der Waals surface area contributed by atoms with E-state index in [-0.39, 0.29) is 0 Å². The molecule has 4 heteroatoms. The minimum Gasteiger partial charge on any atom is -0.371 e. The quantitative estimate of drug-likeness (QED) is 0.678. The van der Waals surface area contributed by atoms with Gasteiger partial charge in [0.2, 0.25) is 0 Å². The maximum absolute atomic E-state index is 4.83. The van der Waals surface area contributed by atoms with Gasteiger partial charge in [-0.1, -0.05) is 0 Å². The van der Waals surface area contributed by atoms with Crippen molar-refractivity contribution in [2.24, 2.45) is 0 Å². The van der Waals surface area contributed by atoms with Gasteiger partial charge in [-0.25, -0.2) is 0 Å². The molecule has 0 atom stereocenters. The molecule has 134 valence electrons. The molecule has 0 spiro atoms. The normalized spacial score (nSPS) is 14.2. The van der Waals surface area contributed by atoms with Gasteiger partial charge in [0.25, 0.3) is 0 Å². The molecule has 3 heterocycles. The smallest absolute Gasteiger partial charge is 0.0746 e. The maximum Gasteiger partial charge on any atom is 0.0746 e. The van der Waals surface area contributed by atoms with E-state index in [1.54, 1.807) is 0 Å². The van der Waals surface area contributed by atoms with Crippen LogP contribution in [-0.4, -0.2) is 29.6 Å². The number of rotatable bonds is 5. The van der Waals surface area contributed by atoms with Crippen molar-refractivity contribution < 1.29 is 0 Å². The Hall–Kier alpha value is -2.62. The Kier molecular flexibility index (Phi) is 4.74. The molecular weight excluding hydrogens is 320 g/mol. The fourth-order valence-corrected chi connectivity index (χ4v) is 3.84. The molecule has 1 fully saturated rings. The SMILES string of the molecule is CCN(Cc1ccncc1)c1ccc2c(N3CCCC3)cc(C)nc2c1. The van der Waals surface area contributed by atoms with Crippen molar-refractivity contribution in [2.75, 3.05) is 29.4 Å². The van der Waals surface area contributed by atoms with E-state index in [4.69, 9.17) is 4.98 Å². The summed E-state index contributed by atoms with van der Waals surface area (Å²) in [5.41, 5.74) is 6.03. The molecular formula is C22H26N4. The van der Waals surface area contributed by atoms with Gasteiger partial charge in [-0.3, -0.25) is 9.97 Å². The van der Waals surface area contributed by atoms with Gasteiger partial charge in [-0.15, -0.1) is 0 Å². The third kappa shape index (κ3) is 3.36. The summed E-state index contributed by atoms with van der Waals surface area (Å²) in [5, 5.41) is 1.27. The summed E-state index contributed by atoms with van der Waals surface area (Å²) in [6.45, 7) is 8.45. The summed E-state index contributed by atoms with van der Waals surface area (Å²) in [7, 11) is 0. The fourth-order valence-electron chi connectivity index (χ4n) is 3.84. The minimum atomic E-state index is 0.884. The highest BCUT2D eigenvalue weighted by atomic mass is 15.1. The topological polar surface area (TPSA) is 32.3 Å². The van der Waals surface area contributed by atoms with Crippen LogP contribution in [0.4, 0.5) is 11.4 Å². The highest BCUT2D eigenvalue weighted by Gasteiger charge is 2.17. The van der Waals surface area contributed by atoms with Gasteiger partial charge in [-0.2, -0.15) is 0 Å². The molecule has 0 radical (unpaired) electrons. The molecule has 1 aliphatic heterocycles. The lowest BCUT2D eigenvalue weighted by Crippen LogP contribution is -2.22. The number of benzene rings is 1. The highest BCUT2D eigenvalue weighted by molar-refractivity contribution is 5.94. The van der Waals surface area contributed by atoms with Crippen molar-refractivity contribution in [3.8, 4) is 0 Å². The van der Waals surface area contributed by atoms with Crippen molar-refractivity contribution in [3.05, 3.63) is 60.0 Å². The number of hydrogen-bond acceptors (Lipinski definition) is 4. The molecule has 1 aliphatic rings. The molecule has 0 unspecified atom stereocenters. The van der Waals surface area contributed by atoms with E-state index in [0.29, 0.717) is 0 Å². The van der Waals surface area contributed by atoms with E-state index in [2.05, 4.69) is 65.0 Å². The molecule has 0 amide bonds. The van der Waals surface area contributed by atoms with Crippen LogP contribution < -0.4 is 9.80 Å². The van der Waals surface area contributed by atoms with Gasteiger partial charge < -0.3 is 9.80 Å². The molecule has 4 rings (SSSR count). The van der Waals surface area contributed by atoms with E-state index in [9.17, 15) is 0 Å². The zero-order valence-corrected chi connectivity index (χ0v) is 15.7. The second-order valence-corrected chi connectivity index (χ2v) is 7.05. The summed E-state index contributed by atoms with van der Waals surface area (Å²) in [4.78, 5) is 13.8. The van der Waals surface area contributed by atoms with Crippen molar-refractivity contribution in [1.29, 1.82) is 0 Å². The van der Waals surface area contributed by atoms with Gasteiger partial charge in [0.15, 0.2) is 0 Å². The Morgan fingerprint density at radius 2 is 1.81 bits per heavy atom. The number of hydrogen-bond donors (Lipinski definition) is 0. The average Bonchev–Trinajstić information content (AvgIpc) is 3.20. The first-order valence-corrected chi connectivity index (χ1v) is 9.55. The Bertz CT molecular complexity index is 885. The molecule has 2 aromatic heterocycles. The molecule has 4 nitrogen and oxygen atoms in total. The molecule has 0 N–H and O–H groups in total. The molecule has 1 saturated heterocycles. The molecule has 3 aromatic rings. The van der Waals surface area contributed by atoms with Crippen LogP contribution in [0.1, 0.15) is 31.0 Å². The summed E-state index contributed by atoms with van der Waals surface area (Å²) < 4.78 is 0. The average molecular weight is 346 g/mol. The predicted molar refractivity (Wildman–Crippen MR) is 109 cm³/mol. The Balaban J connectivity index is 1.70. The lowest BCUT2D eigenvalue weighted by molar-refractivity contribution is 0.831. The van der Waals surface area contributed by atoms with E-state index < -0.39 is 0 Å². The number of fused-ring (bicyclic) bond motifs is 1. The van der Waals surface area contributed by atoms with Crippen molar-refractivity contribution in [3.63, 3.8) is 0 Å². The standard InChI is InChI=1S/C22H26N4/c1-3-25(16-18-8-10-23-11-9-18)19-6-7-20-21(15-19)24-17(2)14-22(20)26-12-4-5-13-26/h6-11,14-15H,3-5,12-13,16H2,1-2H3. The number of aryl methyl sites for hydroxylation is 1. The van der Waals surface area contributed by atoms with E-state index >= 15 is 0 Å². The van der Waals surface area contributed by atoms with Crippen molar-refractivity contribution in [2.45, 2.75) is 33.2 Å². The van der Waals surface area contributed by atoms with Crippen LogP contribution in [0.15, 0.2) is 48.8 Å². The van der Waals surface area contributed by atoms with Crippen molar-refractivity contribution >= 4 is 22.3 Å². The van der Waals surface area contributed by atoms with Crippen LogP contribution in [0.25, 0.3) is 10.9 Å². The maximum atomic E-state index is 4.83. The highest BCUT2D eigenvalue weighted by Crippen LogP contribution is 2.32. The second-order valence-electron chi connectivity index (χ2n) is 7.05. The number of pyridine rings is 2. The monoisotopic (exact) mass is 346 g/mol. The van der Waals surface area contributed by atoms with Crippen LogP contribution >= 0.6 is 0 Å². The van der Waals surface area contributed by atoms with E-state index in [1.165, 1.54) is 35.2 Å². The van der Waals surface area contributed by atoms with Gasteiger partial charge in [0.1, 0.15) is 0 Å². The summed E-state index contributed by atoms with van der Waals surface area (Å²) in [6, 6.07) is 13.1. The van der Waals surface area contributed by atoms with Crippen LogP contribution in [0.2, 0.25) is 0 Å². The zero-order chi connectivity index (χ0) is 17.9. The molecule has 0 saturated carbocycles. The van der Waals surface area contributed by atoms with Gasteiger partial charge in [-0.05, 0) is 68.7 Å². The number of nitrogens with zero attached hydrogens (tertiary/aromatic N) is 4. The second kappa shape index (κ2) is 7.32. The Morgan fingerprint density at radius 1 is 1.04 bits per heavy atom. The lowest BCUT2D eigenvalue weighted by atomic mass is 10.1. The van der Waals surface area contributed by atoms with Gasteiger partial charge >= 0.3 is 0 Å². The van der Waals surface area contributed by atoms with Crippen LogP contribution in [0, 0.1) is 6.92 Å². The summed E-state index contributed by atoms with van der Waals surface area (Å²) >= 11 is 0.